The first-order valence-corrected chi connectivity index (χ1v) is 8.45. The first-order chi connectivity index (χ1) is 10.5. The van der Waals surface area contributed by atoms with Crippen molar-refractivity contribution < 1.29 is 9.90 Å². The summed E-state index contributed by atoms with van der Waals surface area (Å²) in [5.74, 6) is 0.501. The van der Waals surface area contributed by atoms with Gasteiger partial charge >= 0.3 is 0 Å². The molecule has 4 heteroatoms. The molecule has 1 aromatic heterocycles. The van der Waals surface area contributed by atoms with Gasteiger partial charge in [0.05, 0.1) is 6.10 Å². The second kappa shape index (κ2) is 6.23. The Labute approximate surface area is 135 Å². The van der Waals surface area contributed by atoms with Gasteiger partial charge in [-0.15, -0.1) is 11.3 Å². The van der Waals surface area contributed by atoms with Crippen LogP contribution in [-0.2, 0) is 4.79 Å². The van der Waals surface area contributed by atoms with Crippen molar-refractivity contribution in [1.29, 1.82) is 0 Å². The predicted molar refractivity (Wildman–Crippen MR) is 89.1 cm³/mol. The van der Waals surface area contributed by atoms with Gasteiger partial charge in [0.1, 0.15) is 0 Å². The van der Waals surface area contributed by atoms with Crippen LogP contribution in [0, 0.1) is 19.8 Å². The third-order valence-electron chi connectivity index (χ3n) is 4.19. The van der Waals surface area contributed by atoms with Crippen molar-refractivity contribution in [2.24, 2.45) is 5.92 Å². The Bertz CT molecular complexity index is 662. The average molecular weight is 315 g/mol. The third-order valence-corrected chi connectivity index (χ3v) is 5.32. The molecule has 2 aromatic rings. The minimum Gasteiger partial charge on any atom is -0.387 e. The van der Waals surface area contributed by atoms with Crippen molar-refractivity contribution in [3.05, 3.63) is 57.3 Å². The summed E-state index contributed by atoms with van der Waals surface area (Å²) in [6.45, 7) is 4.37. The van der Waals surface area contributed by atoms with Crippen molar-refractivity contribution in [3.8, 4) is 0 Å². The number of thiophene rings is 1. The molecule has 0 unspecified atom stereocenters. The molecule has 1 aromatic carbocycles. The minimum atomic E-state index is -0.647. The summed E-state index contributed by atoms with van der Waals surface area (Å²) in [4.78, 5) is 14.8. The number of amides is 1. The molecule has 1 amide bonds. The molecule has 1 aliphatic carbocycles. The molecule has 1 fully saturated rings. The fraction of sp³-hybridized carbons (Fsp3) is 0.389. The van der Waals surface area contributed by atoms with E-state index in [2.05, 4.69) is 24.4 Å². The molecular formula is C18H21NO2S. The molecule has 1 aliphatic rings. The molecule has 22 heavy (non-hydrogen) atoms. The molecule has 3 nitrogen and oxygen atoms in total. The second-order valence-electron chi connectivity index (χ2n) is 6.07. The molecule has 3 atom stereocenters. The van der Waals surface area contributed by atoms with E-state index in [0.717, 1.165) is 17.5 Å². The maximum absolute atomic E-state index is 12.2. The lowest BCUT2D eigenvalue weighted by Gasteiger charge is -2.12. The van der Waals surface area contributed by atoms with Crippen LogP contribution in [0.3, 0.4) is 0 Å². The molecule has 0 bridgehead atoms. The Hall–Kier alpha value is -1.65. The van der Waals surface area contributed by atoms with Crippen molar-refractivity contribution in [1.82, 2.24) is 5.32 Å². The quantitative estimate of drug-likeness (QED) is 0.889. The van der Waals surface area contributed by atoms with E-state index in [-0.39, 0.29) is 18.4 Å². The molecular weight excluding hydrogens is 294 g/mol. The fourth-order valence-electron chi connectivity index (χ4n) is 2.69. The summed E-state index contributed by atoms with van der Waals surface area (Å²) in [7, 11) is 0. The molecule has 1 heterocycles. The van der Waals surface area contributed by atoms with Gasteiger partial charge in [-0.2, -0.15) is 0 Å². The number of aliphatic hydroxyl groups excluding tert-OH is 1. The van der Waals surface area contributed by atoms with E-state index in [0.29, 0.717) is 5.92 Å². The summed E-state index contributed by atoms with van der Waals surface area (Å²) in [5, 5.41) is 13.0. The Kier molecular flexibility index (Phi) is 4.32. The summed E-state index contributed by atoms with van der Waals surface area (Å²) in [5.41, 5.74) is 2.00. The molecule has 3 rings (SSSR count). The summed E-state index contributed by atoms with van der Waals surface area (Å²) in [6.07, 6.45) is 0.276. The van der Waals surface area contributed by atoms with E-state index in [1.54, 1.807) is 11.3 Å². The molecule has 0 radical (unpaired) electrons. The number of hydrogen-bond donors (Lipinski definition) is 2. The molecule has 0 saturated heterocycles. The first-order valence-electron chi connectivity index (χ1n) is 7.63. The van der Waals surface area contributed by atoms with Gasteiger partial charge in [0.2, 0.25) is 5.91 Å². The van der Waals surface area contributed by atoms with E-state index in [1.165, 1.54) is 9.75 Å². The smallest absolute Gasteiger partial charge is 0.223 e. The lowest BCUT2D eigenvalue weighted by molar-refractivity contribution is -0.122. The lowest BCUT2D eigenvalue weighted by Crippen LogP contribution is -2.29. The van der Waals surface area contributed by atoms with Gasteiger partial charge in [-0.25, -0.2) is 0 Å². The van der Waals surface area contributed by atoms with Crippen molar-refractivity contribution >= 4 is 17.2 Å². The van der Waals surface area contributed by atoms with Gasteiger partial charge in [-0.3, -0.25) is 4.79 Å². The Balaban J connectivity index is 1.50. The summed E-state index contributed by atoms with van der Waals surface area (Å²) < 4.78 is 0. The van der Waals surface area contributed by atoms with Crippen molar-refractivity contribution in [2.75, 3.05) is 6.54 Å². The van der Waals surface area contributed by atoms with Gasteiger partial charge in [-0.05, 0) is 38.0 Å². The summed E-state index contributed by atoms with van der Waals surface area (Å²) >= 11 is 1.77. The number of hydrogen-bond acceptors (Lipinski definition) is 3. The number of nitrogens with one attached hydrogen (secondary N) is 1. The minimum absolute atomic E-state index is 0.0576. The van der Waals surface area contributed by atoms with Gasteiger partial charge in [-0.1, -0.05) is 29.8 Å². The third kappa shape index (κ3) is 3.39. The van der Waals surface area contributed by atoms with Crippen LogP contribution in [0.1, 0.15) is 39.3 Å². The van der Waals surface area contributed by atoms with Crippen LogP contribution in [0.5, 0.6) is 0 Å². The topological polar surface area (TPSA) is 49.3 Å². The number of carbonyl (C=O) groups is 1. The van der Waals surface area contributed by atoms with Crippen molar-refractivity contribution in [3.63, 3.8) is 0 Å². The molecule has 0 spiro atoms. The number of carbonyl (C=O) groups excluding carboxylic acids is 1. The Morgan fingerprint density at radius 2 is 2.00 bits per heavy atom. The van der Waals surface area contributed by atoms with Crippen molar-refractivity contribution in [2.45, 2.75) is 32.3 Å². The van der Waals surface area contributed by atoms with Gasteiger partial charge in [0.25, 0.3) is 0 Å². The monoisotopic (exact) mass is 315 g/mol. The van der Waals surface area contributed by atoms with Crippen LogP contribution < -0.4 is 5.32 Å². The first kappa shape index (κ1) is 15.3. The zero-order valence-electron chi connectivity index (χ0n) is 12.9. The van der Waals surface area contributed by atoms with Gasteiger partial charge in [0.15, 0.2) is 0 Å². The number of benzene rings is 1. The highest BCUT2D eigenvalue weighted by Gasteiger charge is 2.44. The maximum atomic E-state index is 12.2. The summed E-state index contributed by atoms with van der Waals surface area (Å²) in [6, 6.07) is 12.0. The highest BCUT2D eigenvalue weighted by molar-refractivity contribution is 7.12. The zero-order valence-corrected chi connectivity index (χ0v) is 13.7. The largest absolute Gasteiger partial charge is 0.387 e. The molecule has 0 aliphatic heterocycles. The van der Waals surface area contributed by atoms with Crippen LogP contribution in [0.2, 0.25) is 0 Å². The SMILES string of the molecule is Cc1ccc([C@H](O)CNC(=O)[C@H]2C[C@H]2c2ccc(C)s2)cc1. The van der Waals surface area contributed by atoms with E-state index >= 15 is 0 Å². The predicted octanol–water partition coefficient (Wildman–Crippen LogP) is 3.32. The van der Waals surface area contributed by atoms with Crippen LogP contribution >= 0.6 is 11.3 Å². The number of aliphatic hydroxyl groups is 1. The Morgan fingerprint density at radius 3 is 2.64 bits per heavy atom. The average Bonchev–Trinajstić information content (AvgIpc) is 3.20. The molecule has 2 N–H and O–H groups in total. The molecule has 116 valence electrons. The van der Waals surface area contributed by atoms with E-state index in [4.69, 9.17) is 0 Å². The maximum Gasteiger partial charge on any atom is 0.223 e. The zero-order chi connectivity index (χ0) is 15.7. The van der Waals surface area contributed by atoms with Crippen LogP contribution in [0.15, 0.2) is 36.4 Å². The standard InChI is InChI=1S/C18H21NO2S/c1-11-3-6-13(7-4-11)16(20)10-19-18(21)15-9-14(15)17-8-5-12(2)22-17/h3-8,14-16,20H,9-10H2,1-2H3,(H,19,21)/t14-,15+,16-/m1/s1. The van der Waals surface area contributed by atoms with Gasteiger partial charge in [0, 0.05) is 28.1 Å². The molecule has 1 saturated carbocycles. The van der Waals surface area contributed by atoms with Gasteiger partial charge < -0.3 is 10.4 Å². The Morgan fingerprint density at radius 1 is 1.27 bits per heavy atom. The van der Waals surface area contributed by atoms with Crippen LogP contribution in [0.25, 0.3) is 0 Å². The number of aryl methyl sites for hydroxylation is 2. The van der Waals surface area contributed by atoms with E-state index in [9.17, 15) is 9.90 Å². The normalized spacial score (nSPS) is 21.4. The van der Waals surface area contributed by atoms with E-state index < -0.39 is 6.10 Å². The van der Waals surface area contributed by atoms with Crippen LogP contribution in [-0.4, -0.2) is 17.6 Å². The fourth-order valence-corrected chi connectivity index (χ4v) is 3.74. The second-order valence-corrected chi connectivity index (χ2v) is 7.39. The highest BCUT2D eigenvalue weighted by Crippen LogP contribution is 2.49. The number of rotatable bonds is 5. The highest BCUT2D eigenvalue weighted by atomic mass is 32.1. The van der Waals surface area contributed by atoms with E-state index in [1.807, 2.05) is 31.2 Å². The van der Waals surface area contributed by atoms with Crippen LogP contribution in [0.4, 0.5) is 0 Å². The lowest BCUT2D eigenvalue weighted by atomic mass is 10.1.